The lowest BCUT2D eigenvalue weighted by Gasteiger charge is -2.23. The van der Waals surface area contributed by atoms with E-state index in [1.807, 2.05) is 20.8 Å². The first kappa shape index (κ1) is 16.1. The average Bonchev–Trinajstić information content (AvgIpc) is 2.87. The number of carbonyl (C=O) groups excluding carboxylic acids is 1. The summed E-state index contributed by atoms with van der Waals surface area (Å²) in [6, 6.07) is 2.27. The van der Waals surface area contributed by atoms with E-state index in [4.69, 9.17) is 9.52 Å². The van der Waals surface area contributed by atoms with Crippen LogP contribution < -0.4 is 5.32 Å². The van der Waals surface area contributed by atoms with Crippen molar-refractivity contribution in [3.8, 4) is 0 Å². The van der Waals surface area contributed by atoms with Crippen LogP contribution in [0.15, 0.2) is 22.8 Å². The first-order chi connectivity index (χ1) is 9.43. The van der Waals surface area contributed by atoms with Crippen molar-refractivity contribution in [2.24, 2.45) is 5.92 Å². The summed E-state index contributed by atoms with van der Waals surface area (Å²) in [7, 11) is 0. The number of nitrogens with one attached hydrogen (secondary N) is 1. The smallest absolute Gasteiger partial charge is 0.326 e. The average molecular weight is 282 g/mol. The van der Waals surface area contributed by atoms with Gasteiger partial charge in [-0.15, -0.1) is 0 Å². The summed E-state index contributed by atoms with van der Waals surface area (Å²) in [5.41, 5.74) is 0. The highest BCUT2D eigenvalue weighted by molar-refractivity contribution is 5.82. The Kier molecular flexibility index (Phi) is 6.09. The summed E-state index contributed by atoms with van der Waals surface area (Å²) in [5, 5.41) is 11.7. The van der Waals surface area contributed by atoms with Crippen LogP contribution in [-0.2, 0) is 11.3 Å². The molecule has 0 saturated carbocycles. The fourth-order valence-corrected chi connectivity index (χ4v) is 1.85. The third-order valence-corrected chi connectivity index (χ3v) is 2.90. The number of hydrogen-bond acceptors (Lipinski definition) is 3. The van der Waals surface area contributed by atoms with Crippen molar-refractivity contribution in [2.45, 2.75) is 39.8 Å². The second-order valence-corrected chi connectivity index (χ2v) is 5.06. The summed E-state index contributed by atoms with van der Waals surface area (Å²) in [5.74, 6) is -0.157. The summed E-state index contributed by atoms with van der Waals surface area (Å²) in [6.45, 7) is 6.47. The van der Waals surface area contributed by atoms with E-state index < -0.39 is 18.0 Å². The molecule has 0 aliphatic carbocycles. The Hall–Kier alpha value is -1.98. The van der Waals surface area contributed by atoms with Crippen molar-refractivity contribution >= 4 is 12.0 Å². The van der Waals surface area contributed by atoms with Gasteiger partial charge in [-0.1, -0.05) is 13.8 Å². The molecule has 6 heteroatoms. The van der Waals surface area contributed by atoms with Crippen molar-refractivity contribution in [2.75, 3.05) is 6.54 Å². The van der Waals surface area contributed by atoms with Gasteiger partial charge in [0.2, 0.25) is 0 Å². The minimum absolute atomic E-state index is 0.191. The molecule has 1 aromatic heterocycles. The first-order valence-electron chi connectivity index (χ1n) is 6.74. The minimum Gasteiger partial charge on any atom is -0.480 e. The maximum absolute atomic E-state index is 12.1. The van der Waals surface area contributed by atoms with E-state index in [9.17, 15) is 9.59 Å². The van der Waals surface area contributed by atoms with Crippen molar-refractivity contribution < 1.29 is 19.1 Å². The normalized spacial score (nSPS) is 12.2. The number of urea groups is 1. The highest BCUT2D eigenvalue weighted by Crippen LogP contribution is 2.08. The van der Waals surface area contributed by atoms with Crippen molar-refractivity contribution in [3.63, 3.8) is 0 Å². The molecule has 1 atom stereocenters. The van der Waals surface area contributed by atoms with Gasteiger partial charge in [-0.25, -0.2) is 9.59 Å². The molecule has 6 nitrogen and oxygen atoms in total. The van der Waals surface area contributed by atoms with Crippen molar-refractivity contribution in [3.05, 3.63) is 24.2 Å². The molecule has 2 N–H and O–H groups in total. The Labute approximate surface area is 118 Å². The minimum atomic E-state index is -1.01. The van der Waals surface area contributed by atoms with Gasteiger partial charge in [-0.2, -0.15) is 0 Å². The second kappa shape index (κ2) is 7.57. The Balaban J connectivity index is 2.63. The van der Waals surface area contributed by atoms with Crippen LogP contribution in [0, 0.1) is 5.92 Å². The molecule has 112 valence electrons. The van der Waals surface area contributed by atoms with Crippen LogP contribution in [-0.4, -0.2) is 34.6 Å². The fraction of sp³-hybridized carbons (Fsp3) is 0.571. The van der Waals surface area contributed by atoms with Gasteiger partial charge in [-0.3, -0.25) is 0 Å². The molecule has 2 amide bonds. The number of aliphatic carboxylic acids is 1. The standard InChI is InChI=1S/C14H22N2O4/c1-4-16(9-11-6-5-7-20-11)14(19)15-12(13(17)18)8-10(2)3/h5-7,10,12H,4,8-9H2,1-3H3,(H,15,19)(H,17,18). The molecule has 1 heterocycles. The van der Waals surface area contributed by atoms with Gasteiger partial charge in [0.25, 0.3) is 0 Å². The van der Waals surface area contributed by atoms with Crippen molar-refractivity contribution in [1.29, 1.82) is 0 Å². The van der Waals surface area contributed by atoms with E-state index in [0.717, 1.165) is 0 Å². The quantitative estimate of drug-likeness (QED) is 0.804. The van der Waals surface area contributed by atoms with Crippen LogP contribution in [0.25, 0.3) is 0 Å². The Morgan fingerprint density at radius 3 is 2.60 bits per heavy atom. The SMILES string of the molecule is CCN(Cc1ccco1)C(=O)NC(CC(C)C)C(=O)O. The molecule has 1 unspecified atom stereocenters. The molecule has 0 aliphatic rings. The van der Waals surface area contributed by atoms with E-state index in [0.29, 0.717) is 25.3 Å². The zero-order valence-corrected chi connectivity index (χ0v) is 12.1. The molecule has 0 radical (unpaired) electrons. The predicted molar refractivity (Wildman–Crippen MR) is 74.2 cm³/mol. The zero-order valence-electron chi connectivity index (χ0n) is 12.1. The van der Waals surface area contributed by atoms with Gasteiger partial charge in [0.05, 0.1) is 12.8 Å². The molecular weight excluding hydrogens is 260 g/mol. The Bertz CT molecular complexity index is 428. The zero-order chi connectivity index (χ0) is 15.1. The number of carboxylic acid groups (broad SMARTS) is 1. The van der Waals surface area contributed by atoms with E-state index >= 15 is 0 Å². The van der Waals surface area contributed by atoms with Gasteiger partial charge < -0.3 is 19.7 Å². The van der Waals surface area contributed by atoms with Crippen LogP contribution in [0.2, 0.25) is 0 Å². The first-order valence-corrected chi connectivity index (χ1v) is 6.74. The molecule has 0 bridgehead atoms. The van der Waals surface area contributed by atoms with E-state index in [1.54, 1.807) is 18.4 Å². The monoisotopic (exact) mass is 282 g/mol. The van der Waals surface area contributed by atoms with Gasteiger partial charge in [0.15, 0.2) is 0 Å². The molecule has 20 heavy (non-hydrogen) atoms. The topological polar surface area (TPSA) is 82.8 Å². The highest BCUT2D eigenvalue weighted by atomic mass is 16.4. The lowest BCUT2D eigenvalue weighted by molar-refractivity contribution is -0.139. The number of carboxylic acids is 1. The van der Waals surface area contributed by atoms with Crippen LogP contribution in [0.4, 0.5) is 4.79 Å². The maximum Gasteiger partial charge on any atom is 0.326 e. The van der Waals surface area contributed by atoms with E-state index in [2.05, 4.69) is 5.32 Å². The molecule has 1 rings (SSSR count). The maximum atomic E-state index is 12.1. The lowest BCUT2D eigenvalue weighted by atomic mass is 10.0. The number of hydrogen-bond donors (Lipinski definition) is 2. The summed E-state index contributed by atoms with van der Waals surface area (Å²) >= 11 is 0. The Morgan fingerprint density at radius 2 is 2.15 bits per heavy atom. The van der Waals surface area contributed by atoms with E-state index in [1.165, 1.54) is 4.90 Å². The highest BCUT2D eigenvalue weighted by Gasteiger charge is 2.23. The molecule has 0 spiro atoms. The van der Waals surface area contributed by atoms with Crippen LogP contribution in [0.5, 0.6) is 0 Å². The van der Waals surface area contributed by atoms with Crippen LogP contribution in [0.3, 0.4) is 0 Å². The third kappa shape index (κ3) is 4.95. The summed E-state index contributed by atoms with van der Waals surface area (Å²) in [4.78, 5) is 24.8. The number of carbonyl (C=O) groups is 2. The Morgan fingerprint density at radius 1 is 1.45 bits per heavy atom. The lowest BCUT2D eigenvalue weighted by Crippen LogP contribution is -2.48. The summed E-state index contributed by atoms with van der Waals surface area (Å²) < 4.78 is 5.19. The fourth-order valence-electron chi connectivity index (χ4n) is 1.85. The van der Waals surface area contributed by atoms with Crippen molar-refractivity contribution in [1.82, 2.24) is 10.2 Å². The van der Waals surface area contributed by atoms with Gasteiger partial charge in [-0.05, 0) is 31.4 Å². The number of nitrogens with zero attached hydrogens (tertiary/aromatic N) is 1. The molecule has 0 saturated heterocycles. The number of rotatable bonds is 7. The second-order valence-electron chi connectivity index (χ2n) is 5.06. The summed E-state index contributed by atoms with van der Waals surface area (Å²) in [6.07, 6.45) is 1.94. The van der Waals surface area contributed by atoms with Gasteiger partial charge >= 0.3 is 12.0 Å². The number of amides is 2. The van der Waals surface area contributed by atoms with Gasteiger partial charge in [0, 0.05) is 6.54 Å². The van der Waals surface area contributed by atoms with E-state index in [-0.39, 0.29) is 5.92 Å². The van der Waals surface area contributed by atoms with Crippen LogP contribution >= 0.6 is 0 Å². The number of furan rings is 1. The molecule has 0 aromatic carbocycles. The molecular formula is C14H22N2O4. The van der Waals surface area contributed by atoms with Crippen LogP contribution in [0.1, 0.15) is 33.0 Å². The van der Waals surface area contributed by atoms with Gasteiger partial charge in [0.1, 0.15) is 11.8 Å². The molecule has 0 fully saturated rings. The molecule has 1 aromatic rings. The molecule has 0 aliphatic heterocycles. The predicted octanol–water partition coefficient (Wildman–Crippen LogP) is 2.31. The largest absolute Gasteiger partial charge is 0.480 e. The third-order valence-electron chi connectivity index (χ3n) is 2.90.